The molecule has 0 spiro atoms. The molecule has 1 unspecified atom stereocenters. The van der Waals surface area contributed by atoms with Crippen LogP contribution in [0, 0.1) is 0 Å². The van der Waals surface area contributed by atoms with Crippen molar-refractivity contribution >= 4 is 11.7 Å². The van der Waals surface area contributed by atoms with Crippen molar-refractivity contribution in [2.45, 2.75) is 83.7 Å². The van der Waals surface area contributed by atoms with Crippen molar-refractivity contribution in [1.29, 1.82) is 0 Å². The highest BCUT2D eigenvalue weighted by Crippen LogP contribution is 2.13. The van der Waals surface area contributed by atoms with E-state index in [0.717, 1.165) is 19.3 Å². The van der Waals surface area contributed by atoms with E-state index in [4.69, 9.17) is 5.73 Å². The van der Waals surface area contributed by atoms with Crippen molar-refractivity contribution in [3.63, 3.8) is 0 Å². The standard InChI is InChI=1S/C15H29NO3/c1-3-4-5-6-7-8-9-10-11-12-13(17)15(2,19)14(16)18/h19H,3-12H2,1-2H3,(H2,16,18). The number of amides is 1. The molecule has 0 aromatic rings. The molecule has 0 radical (unpaired) electrons. The van der Waals surface area contributed by atoms with Crippen molar-refractivity contribution in [2.75, 3.05) is 0 Å². The highest BCUT2D eigenvalue weighted by molar-refractivity contribution is 6.07. The average molecular weight is 271 g/mol. The molecule has 19 heavy (non-hydrogen) atoms. The lowest BCUT2D eigenvalue weighted by Gasteiger charge is -2.17. The Morgan fingerprint density at radius 3 is 1.79 bits per heavy atom. The number of carbonyl (C=O) groups excluding carboxylic acids is 2. The predicted molar refractivity (Wildman–Crippen MR) is 76.7 cm³/mol. The van der Waals surface area contributed by atoms with Gasteiger partial charge in [-0.05, 0) is 13.3 Å². The minimum atomic E-state index is -2.00. The molecule has 4 nitrogen and oxygen atoms in total. The number of Topliss-reactive ketones (excluding diaryl/α,β-unsaturated/α-hetero) is 1. The van der Waals surface area contributed by atoms with Gasteiger partial charge in [0.25, 0.3) is 5.91 Å². The van der Waals surface area contributed by atoms with Gasteiger partial charge in [-0.1, -0.05) is 58.3 Å². The van der Waals surface area contributed by atoms with E-state index in [2.05, 4.69) is 6.92 Å². The molecule has 0 rings (SSSR count). The second-order valence-electron chi connectivity index (χ2n) is 5.44. The Bertz CT molecular complexity index is 275. The Morgan fingerprint density at radius 2 is 1.37 bits per heavy atom. The van der Waals surface area contributed by atoms with Crippen LogP contribution in [0.2, 0.25) is 0 Å². The van der Waals surface area contributed by atoms with Crippen molar-refractivity contribution in [1.82, 2.24) is 0 Å². The minimum absolute atomic E-state index is 0.228. The first kappa shape index (κ1) is 18.1. The monoisotopic (exact) mass is 271 g/mol. The molecule has 0 aliphatic rings. The maximum Gasteiger partial charge on any atom is 0.256 e. The zero-order chi connectivity index (χ0) is 14.7. The van der Waals surface area contributed by atoms with Crippen LogP contribution in [-0.2, 0) is 9.59 Å². The van der Waals surface area contributed by atoms with Crippen LogP contribution in [0.4, 0.5) is 0 Å². The summed E-state index contributed by atoms with van der Waals surface area (Å²) >= 11 is 0. The molecule has 0 fully saturated rings. The fourth-order valence-electron chi connectivity index (χ4n) is 1.98. The quantitative estimate of drug-likeness (QED) is 0.423. The number of ketones is 1. The second kappa shape index (κ2) is 9.96. The zero-order valence-corrected chi connectivity index (χ0v) is 12.4. The predicted octanol–water partition coefficient (Wildman–Crippen LogP) is 2.71. The number of rotatable bonds is 12. The Morgan fingerprint density at radius 1 is 0.947 bits per heavy atom. The van der Waals surface area contributed by atoms with Gasteiger partial charge in [0.1, 0.15) is 0 Å². The summed E-state index contributed by atoms with van der Waals surface area (Å²) in [5.41, 5.74) is 2.97. The first-order chi connectivity index (χ1) is 8.92. The largest absolute Gasteiger partial charge is 0.373 e. The van der Waals surface area contributed by atoms with Gasteiger partial charge in [0, 0.05) is 6.42 Å². The molecule has 0 saturated carbocycles. The molecular formula is C15H29NO3. The summed E-state index contributed by atoms with van der Waals surface area (Å²) in [6.07, 6.45) is 10.7. The SMILES string of the molecule is CCCCCCCCCCCC(=O)C(C)(O)C(N)=O. The Hall–Kier alpha value is -0.900. The van der Waals surface area contributed by atoms with E-state index < -0.39 is 17.3 Å². The van der Waals surface area contributed by atoms with E-state index in [9.17, 15) is 14.7 Å². The summed E-state index contributed by atoms with van der Waals surface area (Å²) in [5, 5.41) is 9.56. The van der Waals surface area contributed by atoms with Gasteiger partial charge in [0.15, 0.2) is 11.4 Å². The van der Waals surface area contributed by atoms with Crippen molar-refractivity contribution in [3.05, 3.63) is 0 Å². The lowest BCUT2D eigenvalue weighted by atomic mass is 9.95. The number of hydrogen-bond acceptors (Lipinski definition) is 3. The van der Waals surface area contributed by atoms with Crippen LogP contribution in [0.1, 0.15) is 78.1 Å². The molecular weight excluding hydrogens is 242 g/mol. The molecule has 3 N–H and O–H groups in total. The Labute approximate surface area is 116 Å². The summed E-state index contributed by atoms with van der Waals surface area (Å²) < 4.78 is 0. The van der Waals surface area contributed by atoms with Gasteiger partial charge in [-0.15, -0.1) is 0 Å². The van der Waals surface area contributed by atoms with Gasteiger partial charge in [-0.25, -0.2) is 0 Å². The molecule has 0 saturated heterocycles. The van der Waals surface area contributed by atoms with Crippen LogP contribution < -0.4 is 5.73 Å². The number of unbranched alkanes of at least 4 members (excludes halogenated alkanes) is 8. The molecule has 0 aromatic heterocycles. The summed E-state index contributed by atoms with van der Waals surface area (Å²) in [5.74, 6) is -1.43. The Kier molecular flexibility index (Phi) is 9.48. The highest BCUT2D eigenvalue weighted by Gasteiger charge is 2.35. The maximum atomic E-state index is 11.6. The van der Waals surface area contributed by atoms with Crippen LogP contribution >= 0.6 is 0 Å². The molecule has 1 atom stereocenters. The summed E-state index contributed by atoms with van der Waals surface area (Å²) in [6, 6.07) is 0. The number of carbonyl (C=O) groups is 2. The van der Waals surface area contributed by atoms with E-state index >= 15 is 0 Å². The highest BCUT2D eigenvalue weighted by atomic mass is 16.3. The van der Waals surface area contributed by atoms with Gasteiger partial charge in [-0.3, -0.25) is 9.59 Å². The van der Waals surface area contributed by atoms with E-state index in [0.29, 0.717) is 0 Å². The maximum absolute atomic E-state index is 11.6. The van der Waals surface area contributed by atoms with Gasteiger partial charge in [0.05, 0.1) is 0 Å². The molecule has 0 bridgehead atoms. The lowest BCUT2D eigenvalue weighted by Crippen LogP contribution is -2.47. The van der Waals surface area contributed by atoms with Gasteiger partial charge >= 0.3 is 0 Å². The molecule has 0 aromatic carbocycles. The fraction of sp³-hybridized carbons (Fsp3) is 0.867. The molecule has 0 aliphatic carbocycles. The third-order valence-corrected chi connectivity index (χ3v) is 3.53. The van der Waals surface area contributed by atoms with Gasteiger partial charge in [-0.2, -0.15) is 0 Å². The number of hydrogen-bond donors (Lipinski definition) is 2. The minimum Gasteiger partial charge on any atom is -0.373 e. The van der Waals surface area contributed by atoms with Crippen LogP contribution in [0.25, 0.3) is 0 Å². The van der Waals surface area contributed by atoms with Crippen molar-refractivity contribution in [2.24, 2.45) is 5.73 Å². The van der Waals surface area contributed by atoms with E-state index in [1.165, 1.54) is 45.4 Å². The van der Waals surface area contributed by atoms with Crippen molar-refractivity contribution < 1.29 is 14.7 Å². The average Bonchev–Trinajstić information content (AvgIpc) is 2.36. The van der Waals surface area contributed by atoms with Crippen LogP contribution in [-0.4, -0.2) is 22.4 Å². The van der Waals surface area contributed by atoms with E-state index in [1.807, 2.05) is 0 Å². The van der Waals surface area contributed by atoms with Crippen LogP contribution in [0.3, 0.4) is 0 Å². The first-order valence-corrected chi connectivity index (χ1v) is 7.48. The summed E-state index contributed by atoms with van der Waals surface area (Å²) in [7, 11) is 0. The lowest BCUT2D eigenvalue weighted by molar-refractivity contribution is -0.148. The molecule has 0 aliphatic heterocycles. The third kappa shape index (κ3) is 7.98. The number of aliphatic hydroxyl groups is 1. The summed E-state index contributed by atoms with van der Waals surface area (Å²) in [6.45, 7) is 3.38. The molecule has 112 valence electrons. The molecule has 1 amide bonds. The van der Waals surface area contributed by atoms with Crippen LogP contribution in [0.15, 0.2) is 0 Å². The van der Waals surface area contributed by atoms with E-state index in [-0.39, 0.29) is 6.42 Å². The smallest absolute Gasteiger partial charge is 0.256 e. The van der Waals surface area contributed by atoms with Gasteiger partial charge in [0.2, 0.25) is 0 Å². The first-order valence-electron chi connectivity index (χ1n) is 7.48. The summed E-state index contributed by atoms with van der Waals surface area (Å²) in [4.78, 5) is 22.4. The third-order valence-electron chi connectivity index (χ3n) is 3.53. The van der Waals surface area contributed by atoms with E-state index in [1.54, 1.807) is 0 Å². The number of primary amides is 1. The number of nitrogens with two attached hydrogens (primary N) is 1. The zero-order valence-electron chi connectivity index (χ0n) is 12.4. The van der Waals surface area contributed by atoms with Crippen molar-refractivity contribution in [3.8, 4) is 0 Å². The van der Waals surface area contributed by atoms with Crippen LogP contribution in [0.5, 0.6) is 0 Å². The van der Waals surface area contributed by atoms with Gasteiger partial charge < -0.3 is 10.8 Å². The molecule has 0 heterocycles. The topological polar surface area (TPSA) is 80.4 Å². The Balaban J connectivity index is 3.50. The second-order valence-corrected chi connectivity index (χ2v) is 5.44. The molecule has 4 heteroatoms. The normalized spacial score (nSPS) is 14.1. The fourth-order valence-corrected chi connectivity index (χ4v) is 1.98.